The third-order valence-electron chi connectivity index (χ3n) is 3.45. The fourth-order valence-electron chi connectivity index (χ4n) is 2.33. The number of hydrogen-bond acceptors (Lipinski definition) is 5. The minimum absolute atomic E-state index is 0.0279. The van der Waals surface area contributed by atoms with Crippen LogP contribution in [0, 0.1) is 6.92 Å². The van der Waals surface area contributed by atoms with E-state index in [9.17, 15) is 13.2 Å². The molecule has 0 amide bonds. The Hall–Kier alpha value is -3.00. The van der Waals surface area contributed by atoms with E-state index in [1.54, 1.807) is 18.2 Å². The molecule has 0 radical (unpaired) electrons. The molecule has 0 aliphatic rings. The summed E-state index contributed by atoms with van der Waals surface area (Å²) in [4.78, 5) is 10.6. The molecule has 2 aromatic carbocycles. The predicted octanol–water partition coefficient (Wildman–Crippen LogP) is 2.91. The second-order valence-electron chi connectivity index (χ2n) is 5.40. The van der Waals surface area contributed by atoms with Gasteiger partial charge in [-0.3, -0.25) is 4.72 Å². The van der Waals surface area contributed by atoms with Crippen LogP contribution in [0.2, 0.25) is 0 Å². The maximum atomic E-state index is 12.9. The van der Waals surface area contributed by atoms with Crippen LogP contribution in [0.4, 0.5) is 5.69 Å². The number of carbonyl (C=O) groups is 1. The number of sulfonamides is 1. The highest BCUT2D eigenvalue weighted by molar-refractivity contribution is 7.92. The molecule has 8 heteroatoms. The Labute approximate surface area is 151 Å². The van der Waals surface area contributed by atoms with E-state index in [-0.39, 0.29) is 16.4 Å². The molecule has 0 aromatic heterocycles. The van der Waals surface area contributed by atoms with Crippen molar-refractivity contribution in [2.75, 3.05) is 18.9 Å². The summed E-state index contributed by atoms with van der Waals surface area (Å²) in [5, 5.41) is 8.78. The molecule has 0 aliphatic heterocycles. The summed E-state index contributed by atoms with van der Waals surface area (Å²) in [7, 11) is -1.31. The third kappa shape index (κ3) is 4.54. The molecule has 0 spiro atoms. The SMILES string of the molecule is COc1cc(/C=C/C(=O)O)cc(S(=O)(=O)Nc2cccc(C)c2)c1OC. The fourth-order valence-corrected chi connectivity index (χ4v) is 3.60. The number of hydrogen-bond donors (Lipinski definition) is 2. The van der Waals surface area contributed by atoms with Gasteiger partial charge in [-0.25, -0.2) is 13.2 Å². The lowest BCUT2D eigenvalue weighted by Crippen LogP contribution is -2.15. The van der Waals surface area contributed by atoms with Crippen molar-refractivity contribution in [3.63, 3.8) is 0 Å². The Morgan fingerprint density at radius 2 is 1.88 bits per heavy atom. The first-order valence-corrected chi connectivity index (χ1v) is 9.01. The Morgan fingerprint density at radius 1 is 1.15 bits per heavy atom. The maximum absolute atomic E-state index is 12.9. The normalized spacial score (nSPS) is 11.3. The molecule has 0 unspecified atom stereocenters. The van der Waals surface area contributed by atoms with Crippen molar-refractivity contribution in [2.24, 2.45) is 0 Å². The van der Waals surface area contributed by atoms with Crippen LogP contribution in [-0.2, 0) is 14.8 Å². The minimum Gasteiger partial charge on any atom is -0.493 e. The zero-order chi connectivity index (χ0) is 19.3. The Balaban J connectivity index is 2.57. The number of anilines is 1. The molecule has 0 saturated heterocycles. The first-order valence-electron chi connectivity index (χ1n) is 7.53. The molecule has 2 N–H and O–H groups in total. The summed E-state index contributed by atoms with van der Waals surface area (Å²) in [5.74, 6) is -0.952. The highest BCUT2D eigenvalue weighted by Gasteiger charge is 2.24. The van der Waals surface area contributed by atoms with Crippen molar-refractivity contribution >= 4 is 27.8 Å². The molecule has 2 rings (SSSR count). The highest BCUT2D eigenvalue weighted by atomic mass is 32.2. The smallest absolute Gasteiger partial charge is 0.328 e. The quantitative estimate of drug-likeness (QED) is 0.720. The van der Waals surface area contributed by atoms with Crippen molar-refractivity contribution in [3.05, 3.63) is 53.6 Å². The topological polar surface area (TPSA) is 102 Å². The Morgan fingerprint density at radius 3 is 2.46 bits per heavy atom. The van der Waals surface area contributed by atoms with Crippen LogP contribution in [0.3, 0.4) is 0 Å². The number of benzene rings is 2. The molecule has 0 bridgehead atoms. The van der Waals surface area contributed by atoms with Gasteiger partial charge in [-0.05, 0) is 48.4 Å². The summed E-state index contributed by atoms with van der Waals surface area (Å²) in [6.07, 6.45) is 2.18. The van der Waals surface area contributed by atoms with Crippen molar-refractivity contribution in [1.29, 1.82) is 0 Å². The van der Waals surface area contributed by atoms with Crippen LogP contribution in [0.1, 0.15) is 11.1 Å². The maximum Gasteiger partial charge on any atom is 0.328 e. The van der Waals surface area contributed by atoms with E-state index in [0.29, 0.717) is 11.3 Å². The van der Waals surface area contributed by atoms with Crippen LogP contribution in [0.25, 0.3) is 6.08 Å². The lowest BCUT2D eigenvalue weighted by molar-refractivity contribution is -0.131. The van der Waals surface area contributed by atoms with Crippen LogP contribution in [0.15, 0.2) is 47.4 Å². The summed E-state index contributed by atoms with van der Waals surface area (Å²) >= 11 is 0. The van der Waals surface area contributed by atoms with Crippen molar-refractivity contribution < 1.29 is 27.8 Å². The van der Waals surface area contributed by atoms with E-state index in [4.69, 9.17) is 14.6 Å². The number of carboxylic acids is 1. The minimum atomic E-state index is -4.00. The van der Waals surface area contributed by atoms with Gasteiger partial charge in [0.15, 0.2) is 11.5 Å². The van der Waals surface area contributed by atoms with Crippen LogP contribution >= 0.6 is 0 Å². The molecule has 138 valence electrons. The van der Waals surface area contributed by atoms with Crippen molar-refractivity contribution in [1.82, 2.24) is 0 Å². The zero-order valence-corrected chi connectivity index (χ0v) is 15.3. The van der Waals surface area contributed by atoms with Gasteiger partial charge >= 0.3 is 5.97 Å². The van der Waals surface area contributed by atoms with Crippen LogP contribution in [0.5, 0.6) is 11.5 Å². The molecule has 7 nitrogen and oxygen atoms in total. The molecule has 26 heavy (non-hydrogen) atoms. The lowest BCUT2D eigenvalue weighted by Gasteiger charge is -2.15. The number of aliphatic carboxylic acids is 1. The van der Waals surface area contributed by atoms with Gasteiger partial charge < -0.3 is 14.6 Å². The van der Waals surface area contributed by atoms with Crippen LogP contribution in [-0.4, -0.2) is 33.7 Å². The molecule has 0 atom stereocenters. The standard InChI is InChI=1S/C18H19NO6S/c1-12-5-4-6-14(9-12)19-26(22,23)16-11-13(7-8-17(20)21)10-15(24-2)18(16)25-3/h4-11,19H,1-3H3,(H,20,21)/b8-7+. The summed E-state index contributed by atoms with van der Waals surface area (Å²) < 4.78 is 38.6. The molecule has 2 aromatic rings. The van der Waals surface area contributed by atoms with E-state index < -0.39 is 16.0 Å². The lowest BCUT2D eigenvalue weighted by atomic mass is 10.2. The first-order chi connectivity index (χ1) is 12.3. The number of aryl methyl sites for hydroxylation is 1. The monoisotopic (exact) mass is 377 g/mol. The summed E-state index contributed by atoms with van der Waals surface area (Å²) in [6, 6.07) is 9.70. The molecule has 0 fully saturated rings. The molecular weight excluding hydrogens is 358 g/mol. The Bertz CT molecular complexity index is 950. The number of rotatable bonds is 7. The molecular formula is C18H19NO6S. The zero-order valence-electron chi connectivity index (χ0n) is 14.5. The van der Waals surface area contributed by atoms with E-state index >= 15 is 0 Å². The predicted molar refractivity (Wildman–Crippen MR) is 98.2 cm³/mol. The van der Waals surface area contributed by atoms with Crippen LogP contribution < -0.4 is 14.2 Å². The van der Waals surface area contributed by atoms with E-state index in [1.165, 1.54) is 32.4 Å². The van der Waals surface area contributed by atoms with E-state index in [0.717, 1.165) is 11.6 Å². The number of ether oxygens (including phenoxy) is 2. The second-order valence-corrected chi connectivity index (χ2v) is 7.05. The van der Waals surface area contributed by atoms with E-state index in [2.05, 4.69) is 4.72 Å². The van der Waals surface area contributed by atoms with Crippen molar-refractivity contribution in [2.45, 2.75) is 11.8 Å². The molecule has 0 saturated carbocycles. The largest absolute Gasteiger partial charge is 0.493 e. The van der Waals surface area contributed by atoms with Gasteiger partial charge in [0.25, 0.3) is 10.0 Å². The number of methoxy groups -OCH3 is 2. The van der Waals surface area contributed by atoms with Gasteiger partial charge in [-0.2, -0.15) is 0 Å². The first kappa shape index (κ1) is 19.3. The fraction of sp³-hybridized carbons (Fsp3) is 0.167. The summed E-state index contributed by atoms with van der Waals surface area (Å²) in [6.45, 7) is 1.85. The van der Waals surface area contributed by atoms with Gasteiger partial charge in [0, 0.05) is 11.8 Å². The highest BCUT2D eigenvalue weighted by Crippen LogP contribution is 2.36. The van der Waals surface area contributed by atoms with Gasteiger partial charge in [0.05, 0.1) is 14.2 Å². The van der Waals surface area contributed by atoms with Gasteiger partial charge in [-0.1, -0.05) is 12.1 Å². The molecule has 0 aliphatic carbocycles. The number of carboxylic acid groups (broad SMARTS) is 1. The van der Waals surface area contributed by atoms with Gasteiger partial charge in [0.2, 0.25) is 0 Å². The molecule has 0 heterocycles. The van der Waals surface area contributed by atoms with Gasteiger partial charge in [-0.15, -0.1) is 0 Å². The summed E-state index contributed by atoms with van der Waals surface area (Å²) in [5.41, 5.74) is 1.64. The third-order valence-corrected chi connectivity index (χ3v) is 4.83. The van der Waals surface area contributed by atoms with Gasteiger partial charge in [0.1, 0.15) is 4.90 Å². The van der Waals surface area contributed by atoms with E-state index in [1.807, 2.05) is 13.0 Å². The average Bonchev–Trinajstić information content (AvgIpc) is 2.58. The second kappa shape index (κ2) is 7.92. The average molecular weight is 377 g/mol. The number of nitrogens with one attached hydrogen (secondary N) is 1. The van der Waals surface area contributed by atoms with Crippen molar-refractivity contribution in [3.8, 4) is 11.5 Å². The Kier molecular flexibility index (Phi) is 5.89.